The zero-order valence-electron chi connectivity index (χ0n) is 14.3. The maximum atomic E-state index is 4.18. The summed E-state index contributed by atoms with van der Waals surface area (Å²) in [5, 5.41) is 0. The van der Waals surface area contributed by atoms with Gasteiger partial charge in [-0.25, -0.2) is 0 Å². The van der Waals surface area contributed by atoms with Crippen LogP contribution in [0.1, 0.15) is 0 Å². The van der Waals surface area contributed by atoms with Gasteiger partial charge in [-0.1, -0.05) is 6.08 Å². The quantitative estimate of drug-likeness (QED) is 0.430. The fraction of sp³-hybridized carbons (Fsp3) is 0. The predicted molar refractivity (Wildman–Crippen MR) is 102 cm³/mol. The summed E-state index contributed by atoms with van der Waals surface area (Å²) in [5.74, 6) is 2.32. The number of hydrogen-bond donors (Lipinski definition) is 0. The van der Waals surface area contributed by atoms with Crippen molar-refractivity contribution in [3.05, 3.63) is 140 Å². The second-order valence-corrected chi connectivity index (χ2v) is 4.95. The zero-order valence-corrected chi connectivity index (χ0v) is 17.1. The monoisotopic (exact) mass is 469 g/mol. The summed E-state index contributed by atoms with van der Waals surface area (Å²) < 4.78 is 0. The Morgan fingerprint density at radius 1 is 0.500 bits per heavy atom. The molecule has 4 aliphatic rings. The van der Waals surface area contributed by atoms with Crippen LogP contribution in [0.15, 0.2) is 17.3 Å². The zero-order chi connectivity index (χ0) is 16.7. The van der Waals surface area contributed by atoms with Crippen molar-refractivity contribution in [1.82, 2.24) is 0 Å². The van der Waals surface area contributed by atoms with E-state index >= 15 is 0 Å². The first-order valence-electron chi connectivity index (χ1n) is 7.92. The molecule has 0 bridgehead atoms. The van der Waals surface area contributed by atoms with E-state index in [1.54, 1.807) is 0 Å². The number of hydrogen-bond acceptors (Lipinski definition) is 1. The summed E-state index contributed by atoms with van der Waals surface area (Å²) in [7, 11) is 0. The minimum Gasteiger partial charge on any atom is -0.269 e. The summed E-state index contributed by atoms with van der Waals surface area (Å²) in [6.07, 6.45) is 41.8. The molecule has 4 fully saturated rings. The Labute approximate surface area is 186 Å². The van der Waals surface area contributed by atoms with Crippen LogP contribution >= 0.6 is 0 Å². The van der Waals surface area contributed by atoms with Gasteiger partial charge < -0.3 is 0 Å². The Morgan fingerprint density at radius 2 is 0.846 bits per heavy atom. The van der Waals surface area contributed by atoms with E-state index in [0.717, 1.165) is 5.92 Å². The van der Waals surface area contributed by atoms with Crippen LogP contribution in [0.5, 0.6) is 0 Å². The molecule has 0 aromatic carbocycles. The summed E-state index contributed by atoms with van der Waals surface area (Å²) in [6, 6.07) is 0. The van der Waals surface area contributed by atoms with Gasteiger partial charge in [-0.15, -0.1) is 0 Å². The van der Waals surface area contributed by atoms with Gasteiger partial charge in [-0.05, 0) is 116 Å². The van der Waals surface area contributed by atoms with E-state index in [-0.39, 0.29) is 36.5 Å². The summed E-state index contributed by atoms with van der Waals surface area (Å²) in [6.45, 7) is 0. The van der Waals surface area contributed by atoms with Gasteiger partial charge in [0, 0.05) is 24.3 Å². The van der Waals surface area contributed by atoms with Crippen molar-refractivity contribution in [1.29, 1.82) is 0 Å². The van der Waals surface area contributed by atoms with Gasteiger partial charge in [0.25, 0.3) is 0 Å². The molecular formula is C23H21FeNRu+4. The molecule has 0 aromatic heterocycles. The minimum absolute atomic E-state index is 0. The number of nitrogens with zero attached hydrogens (tertiary/aromatic N) is 1. The Morgan fingerprint density at radius 3 is 1.23 bits per heavy atom. The predicted octanol–water partition coefficient (Wildman–Crippen LogP) is 4.42. The number of aliphatic imine (C=N–C) groups is 1. The minimum atomic E-state index is 0. The fourth-order valence-electron chi connectivity index (χ4n) is 1.87. The number of rotatable bonds is 3. The summed E-state index contributed by atoms with van der Waals surface area (Å²) in [5.41, 5.74) is 0. The van der Waals surface area contributed by atoms with Gasteiger partial charge in [0.2, 0.25) is 0 Å². The first-order chi connectivity index (χ1) is 11.9. The van der Waals surface area contributed by atoms with Crippen molar-refractivity contribution < 1.29 is 36.5 Å². The Balaban J connectivity index is 0.000000432. The van der Waals surface area contributed by atoms with Crippen molar-refractivity contribution in [3.8, 4) is 0 Å². The molecule has 0 amide bonds. The second kappa shape index (κ2) is 18.9. The van der Waals surface area contributed by atoms with Crippen molar-refractivity contribution >= 4 is 6.21 Å². The molecule has 0 unspecified atom stereocenters. The molecular weight excluding hydrogens is 447 g/mol. The van der Waals surface area contributed by atoms with Gasteiger partial charge in [0.1, 0.15) is 0 Å². The molecule has 0 aliphatic heterocycles. The Bertz CT molecular complexity index is 287. The largest absolute Gasteiger partial charge is 2.00 e. The molecule has 3 heteroatoms. The van der Waals surface area contributed by atoms with Crippen LogP contribution in [0.4, 0.5) is 0 Å². The average molecular weight is 468 g/mol. The van der Waals surface area contributed by atoms with E-state index < -0.39 is 0 Å². The topological polar surface area (TPSA) is 12.4 Å². The van der Waals surface area contributed by atoms with E-state index in [2.05, 4.69) is 17.8 Å². The molecule has 20 radical (unpaired) electrons. The standard InChI is InChI=1S/C13H11N.2C5H5.Fe.Ru/c1-2-6-12(5-1)9-10-14-11-13-7-3-4-8-13;2*1-2-4-5-3-1;;/h1-11H;2*1-5H;;/q;;;2*+2/b10-9+,14-11?;;;;. The maximum absolute atomic E-state index is 4.18. The third-order valence-corrected chi connectivity index (χ3v) is 3.06. The third kappa shape index (κ3) is 13.7. The molecule has 0 atom stereocenters. The van der Waals surface area contributed by atoms with Crippen molar-refractivity contribution in [3.63, 3.8) is 0 Å². The molecule has 4 aliphatic carbocycles. The summed E-state index contributed by atoms with van der Waals surface area (Å²) in [4.78, 5) is 4.18. The van der Waals surface area contributed by atoms with Gasteiger partial charge in [-0.3, -0.25) is 4.99 Å². The average Bonchev–Trinajstić information content (AvgIpc) is 3.44. The third-order valence-electron chi connectivity index (χ3n) is 3.06. The molecule has 4 saturated carbocycles. The van der Waals surface area contributed by atoms with Gasteiger partial charge >= 0.3 is 36.5 Å². The molecule has 0 spiro atoms. The first kappa shape index (κ1) is 26.6. The van der Waals surface area contributed by atoms with Crippen LogP contribution in [-0.4, -0.2) is 6.21 Å². The van der Waals surface area contributed by atoms with Crippen LogP contribution in [0.3, 0.4) is 0 Å². The summed E-state index contributed by atoms with van der Waals surface area (Å²) >= 11 is 0. The molecule has 0 N–H and O–H groups in total. The second-order valence-electron chi connectivity index (χ2n) is 4.95. The van der Waals surface area contributed by atoms with Gasteiger partial charge in [0.05, 0.1) is 0 Å². The Hall–Kier alpha value is 0.553. The smallest absolute Gasteiger partial charge is 0.269 e. The number of allylic oxidation sites excluding steroid dienone is 1. The van der Waals surface area contributed by atoms with Crippen LogP contribution in [0.2, 0.25) is 0 Å². The fourth-order valence-corrected chi connectivity index (χ4v) is 1.87. The van der Waals surface area contributed by atoms with E-state index in [0.29, 0.717) is 0 Å². The van der Waals surface area contributed by atoms with Crippen molar-refractivity contribution in [2.45, 2.75) is 0 Å². The van der Waals surface area contributed by atoms with Crippen molar-refractivity contribution in [2.75, 3.05) is 0 Å². The van der Waals surface area contributed by atoms with Crippen LogP contribution in [-0.2, 0) is 36.5 Å². The van der Waals surface area contributed by atoms with Crippen LogP contribution in [0, 0.1) is 127 Å². The van der Waals surface area contributed by atoms with Gasteiger partial charge in [-0.2, -0.15) is 0 Å². The molecule has 130 valence electrons. The van der Waals surface area contributed by atoms with Crippen LogP contribution in [0.25, 0.3) is 0 Å². The molecule has 0 aromatic rings. The van der Waals surface area contributed by atoms with E-state index in [9.17, 15) is 0 Å². The first-order valence-corrected chi connectivity index (χ1v) is 7.92. The van der Waals surface area contributed by atoms with Crippen molar-refractivity contribution in [2.24, 2.45) is 4.99 Å². The SMILES string of the molecule is [CH]1[CH][CH][CH][CH]1.[CH]1[CH][CH][CH][CH]1.[CH]1[CH][CH][C](C=N/C=C/[C]2[CH][CH][CH][CH]2)[CH]1.[Fe+2].[Ru+2]. The molecule has 0 saturated heterocycles. The molecule has 0 heterocycles. The molecule has 4 rings (SSSR count). The van der Waals surface area contributed by atoms with Crippen LogP contribution < -0.4 is 0 Å². The normalized spacial score (nSPS) is 23.2. The maximum Gasteiger partial charge on any atom is 2.00 e. The Kier molecular flexibility index (Phi) is 19.3. The van der Waals surface area contributed by atoms with E-state index in [4.69, 9.17) is 0 Å². The van der Waals surface area contributed by atoms with Gasteiger partial charge in [0.15, 0.2) is 0 Å². The van der Waals surface area contributed by atoms with E-state index in [1.807, 2.05) is 121 Å². The molecule has 26 heavy (non-hydrogen) atoms. The molecule has 1 nitrogen and oxygen atoms in total. The van der Waals surface area contributed by atoms with E-state index in [1.165, 1.54) is 5.92 Å².